The van der Waals surface area contributed by atoms with E-state index in [-0.39, 0.29) is 13.0 Å². The normalized spacial score (nSPS) is 11.9. The Hall–Kier alpha value is -3.35. The molecule has 0 fully saturated rings. The predicted molar refractivity (Wildman–Crippen MR) is 105 cm³/mol. The molecule has 0 unspecified atom stereocenters. The zero-order valence-corrected chi connectivity index (χ0v) is 15.8. The largest absolute Gasteiger partial charge is 0.452 e. The predicted octanol–water partition coefficient (Wildman–Crippen LogP) is 3.12. The van der Waals surface area contributed by atoms with E-state index in [1.54, 1.807) is 24.3 Å². The number of hydrogen-bond donors (Lipinski definition) is 1. The molecule has 1 atom stereocenters. The van der Waals surface area contributed by atoms with E-state index in [1.165, 1.54) is 17.1 Å². The molecule has 28 heavy (non-hydrogen) atoms. The average molecular weight is 382 g/mol. The molecule has 7 nitrogen and oxygen atoms in total. The van der Waals surface area contributed by atoms with Crippen LogP contribution in [0.1, 0.15) is 25.8 Å². The van der Waals surface area contributed by atoms with Gasteiger partial charge in [-0.25, -0.2) is 4.79 Å². The van der Waals surface area contributed by atoms with Crippen molar-refractivity contribution in [2.45, 2.75) is 39.3 Å². The van der Waals surface area contributed by atoms with Crippen LogP contribution in [-0.2, 0) is 27.3 Å². The van der Waals surface area contributed by atoms with E-state index < -0.39 is 23.7 Å². The summed E-state index contributed by atoms with van der Waals surface area (Å²) in [5, 5.41) is 2.71. The Morgan fingerprint density at radius 1 is 1.14 bits per heavy atom. The number of para-hydroxylation sites is 2. The number of carbonyl (C=O) groups is 2. The lowest BCUT2D eigenvalue weighted by atomic mass is 10.1. The van der Waals surface area contributed by atoms with Gasteiger partial charge in [0, 0.05) is 12.2 Å². The summed E-state index contributed by atoms with van der Waals surface area (Å²) < 4.78 is 11.7. The van der Waals surface area contributed by atoms with Gasteiger partial charge in [0.1, 0.15) is 0 Å². The van der Waals surface area contributed by atoms with Crippen molar-refractivity contribution in [2.24, 2.45) is 0 Å². The number of amides is 1. The number of benzene rings is 2. The third kappa shape index (κ3) is 4.49. The molecule has 0 aliphatic carbocycles. The number of aryl methyl sites for hydroxylation is 2. The van der Waals surface area contributed by atoms with Crippen molar-refractivity contribution in [3.63, 3.8) is 0 Å². The van der Waals surface area contributed by atoms with Gasteiger partial charge in [0.05, 0.1) is 11.9 Å². The fraction of sp³-hybridized carbons (Fsp3) is 0.286. The summed E-state index contributed by atoms with van der Waals surface area (Å²) in [6, 6.07) is 14.4. The molecular weight excluding hydrogens is 360 g/mol. The molecule has 0 spiro atoms. The van der Waals surface area contributed by atoms with Crippen molar-refractivity contribution in [1.29, 1.82) is 0 Å². The smallest absolute Gasteiger partial charge is 0.419 e. The van der Waals surface area contributed by atoms with E-state index in [1.807, 2.05) is 24.3 Å². The Morgan fingerprint density at radius 3 is 2.57 bits per heavy atom. The third-order valence-electron chi connectivity index (χ3n) is 4.42. The highest BCUT2D eigenvalue weighted by Crippen LogP contribution is 2.13. The van der Waals surface area contributed by atoms with Gasteiger partial charge in [-0.05, 0) is 43.2 Å². The summed E-state index contributed by atoms with van der Waals surface area (Å²) in [4.78, 5) is 36.2. The number of carbonyl (C=O) groups excluding carboxylic acids is 2. The Labute approximate surface area is 161 Å². The van der Waals surface area contributed by atoms with Gasteiger partial charge in [0.2, 0.25) is 0 Å². The minimum atomic E-state index is -0.948. The van der Waals surface area contributed by atoms with Crippen LogP contribution in [0, 0.1) is 0 Å². The van der Waals surface area contributed by atoms with E-state index in [2.05, 4.69) is 12.2 Å². The lowest BCUT2D eigenvalue weighted by molar-refractivity contribution is -0.153. The average Bonchev–Trinajstić information content (AvgIpc) is 3.01. The van der Waals surface area contributed by atoms with Crippen LogP contribution in [0.3, 0.4) is 0 Å². The van der Waals surface area contributed by atoms with Crippen LogP contribution in [0.25, 0.3) is 11.1 Å². The maximum atomic E-state index is 12.2. The van der Waals surface area contributed by atoms with E-state index in [0.29, 0.717) is 16.8 Å². The van der Waals surface area contributed by atoms with Gasteiger partial charge >= 0.3 is 11.7 Å². The minimum absolute atomic E-state index is 0.0494. The summed E-state index contributed by atoms with van der Waals surface area (Å²) >= 11 is 0. The lowest BCUT2D eigenvalue weighted by Gasteiger charge is -2.14. The second-order valence-electron chi connectivity index (χ2n) is 6.41. The molecule has 0 radical (unpaired) electrons. The Morgan fingerprint density at radius 2 is 1.86 bits per heavy atom. The van der Waals surface area contributed by atoms with Crippen LogP contribution >= 0.6 is 0 Å². The van der Waals surface area contributed by atoms with Crippen molar-refractivity contribution >= 4 is 28.7 Å². The molecule has 0 saturated carbocycles. The summed E-state index contributed by atoms with van der Waals surface area (Å²) in [6.07, 6.45) is -0.0834. The summed E-state index contributed by atoms with van der Waals surface area (Å²) in [5.74, 6) is -1.51. The van der Waals surface area contributed by atoms with Gasteiger partial charge in [0.15, 0.2) is 11.7 Å². The number of esters is 1. The second-order valence-corrected chi connectivity index (χ2v) is 6.41. The molecule has 146 valence electrons. The Kier molecular flexibility index (Phi) is 5.93. The highest BCUT2D eigenvalue weighted by Gasteiger charge is 2.19. The SMILES string of the molecule is CCc1ccc(NC(=O)[C@@H](C)OC(=O)CCn2c(=O)oc3ccccc32)cc1. The molecule has 7 heteroatoms. The van der Waals surface area contributed by atoms with Gasteiger partial charge < -0.3 is 14.5 Å². The summed E-state index contributed by atoms with van der Waals surface area (Å²) in [6.45, 7) is 3.67. The van der Waals surface area contributed by atoms with Crippen LogP contribution in [0.15, 0.2) is 57.7 Å². The number of nitrogens with one attached hydrogen (secondary N) is 1. The highest BCUT2D eigenvalue weighted by atomic mass is 16.5. The number of nitrogens with zero attached hydrogens (tertiary/aromatic N) is 1. The van der Waals surface area contributed by atoms with Crippen molar-refractivity contribution in [2.75, 3.05) is 5.32 Å². The first kappa shape index (κ1) is 19.4. The first-order chi connectivity index (χ1) is 13.5. The van der Waals surface area contributed by atoms with Crippen molar-refractivity contribution < 1.29 is 18.7 Å². The third-order valence-corrected chi connectivity index (χ3v) is 4.42. The van der Waals surface area contributed by atoms with Crippen molar-refractivity contribution in [3.05, 3.63) is 64.6 Å². The summed E-state index contributed by atoms with van der Waals surface area (Å²) in [7, 11) is 0. The Bertz CT molecular complexity index is 1030. The molecule has 1 heterocycles. The molecule has 3 rings (SSSR count). The molecule has 2 aromatic carbocycles. The van der Waals surface area contributed by atoms with Gasteiger partial charge in [-0.3, -0.25) is 14.2 Å². The van der Waals surface area contributed by atoms with Gasteiger partial charge in [-0.2, -0.15) is 0 Å². The van der Waals surface area contributed by atoms with Crippen LogP contribution < -0.4 is 11.1 Å². The molecule has 1 N–H and O–H groups in total. The molecule has 0 saturated heterocycles. The van der Waals surface area contributed by atoms with E-state index in [0.717, 1.165) is 6.42 Å². The Balaban J connectivity index is 1.54. The molecule has 1 amide bonds. The van der Waals surface area contributed by atoms with Crippen molar-refractivity contribution in [1.82, 2.24) is 4.57 Å². The van der Waals surface area contributed by atoms with Gasteiger partial charge in [-0.15, -0.1) is 0 Å². The number of aromatic nitrogens is 1. The van der Waals surface area contributed by atoms with Crippen molar-refractivity contribution in [3.8, 4) is 0 Å². The van der Waals surface area contributed by atoms with Gasteiger partial charge in [-0.1, -0.05) is 31.2 Å². The maximum Gasteiger partial charge on any atom is 0.419 e. The topological polar surface area (TPSA) is 90.5 Å². The molecule has 0 bridgehead atoms. The number of hydrogen-bond acceptors (Lipinski definition) is 5. The minimum Gasteiger partial charge on any atom is -0.452 e. The molecular formula is C21H22N2O5. The van der Waals surface area contributed by atoms with E-state index >= 15 is 0 Å². The molecule has 3 aromatic rings. The fourth-order valence-corrected chi connectivity index (χ4v) is 2.81. The maximum absolute atomic E-state index is 12.2. The van der Waals surface area contributed by atoms with E-state index in [9.17, 15) is 14.4 Å². The highest BCUT2D eigenvalue weighted by molar-refractivity contribution is 5.95. The summed E-state index contributed by atoms with van der Waals surface area (Å²) in [5.41, 5.74) is 2.88. The quantitative estimate of drug-likeness (QED) is 0.634. The molecule has 0 aliphatic heterocycles. The zero-order chi connectivity index (χ0) is 20.1. The van der Waals surface area contributed by atoms with Crippen LogP contribution in [-0.4, -0.2) is 22.5 Å². The number of ether oxygens (including phenoxy) is 1. The molecule has 1 aromatic heterocycles. The molecule has 0 aliphatic rings. The number of anilines is 1. The lowest BCUT2D eigenvalue weighted by Crippen LogP contribution is -2.30. The number of oxazole rings is 1. The van der Waals surface area contributed by atoms with Gasteiger partial charge in [0.25, 0.3) is 5.91 Å². The zero-order valence-electron chi connectivity index (χ0n) is 15.8. The second kappa shape index (κ2) is 8.56. The fourth-order valence-electron chi connectivity index (χ4n) is 2.81. The standard InChI is InChI=1S/C21H22N2O5/c1-3-15-8-10-16(11-9-15)22-20(25)14(2)27-19(24)12-13-23-17-6-4-5-7-18(17)28-21(23)26/h4-11,14H,3,12-13H2,1-2H3,(H,22,25)/t14-/m1/s1. The van der Waals surface area contributed by atoms with Crippen LogP contribution in [0.4, 0.5) is 5.69 Å². The van der Waals surface area contributed by atoms with Crippen LogP contribution in [0.2, 0.25) is 0 Å². The monoisotopic (exact) mass is 382 g/mol. The van der Waals surface area contributed by atoms with E-state index in [4.69, 9.17) is 9.15 Å². The first-order valence-corrected chi connectivity index (χ1v) is 9.15. The number of rotatable bonds is 7. The number of fused-ring (bicyclic) bond motifs is 1. The first-order valence-electron chi connectivity index (χ1n) is 9.15. The van der Waals surface area contributed by atoms with Crippen LogP contribution in [0.5, 0.6) is 0 Å².